The first-order valence-electron chi connectivity index (χ1n) is 8.86. The lowest BCUT2D eigenvalue weighted by molar-refractivity contribution is -0.385. The van der Waals surface area contributed by atoms with Crippen LogP contribution in [0.1, 0.15) is 23.2 Å². The zero-order valence-electron chi connectivity index (χ0n) is 15.4. The maximum Gasteiger partial charge on any atom is 0.411 e. The first-order valence-corrected chi connectivity index (χ1v) is 8.86. The number of carbonyl (C=O) groups is 2. The van der Waals surface area contributed by atoms with Crippen molar-refractivity contribution in [2.75, 3.05) is 11.9 Å². The number of nitro benzene ring substituents is 1. The van der Waals surface area contributed by atoms with E-state index in [0.717, 1.165) is 18.4 Å². The Hall–Kier alpha value is -3.94. The normalized spacial score (nSPS) is 12.6. The third-order valence-electron chi connectivity index (χ3n) is 4.08. The lowest BCUT2D eigenvalue weighted by atomic mass is 10.1. The molecule has 0 heterocycles. The molecule has 3 rings (SSSR count). The number of allylic oxidation sites excluding steroid dienone is 2. The van der Waals surface area contributed by atoms with Crippen molar-refractivity contribution < 1.29 is 24.0 Å². The monoisotopic (exact) mass is 394 g/mol. The summed E-state index contributed by atoms with van der Waals surface area (Å²) < 4.78 is 10.8. The molecule has 8 heteroatoms. The van der Waals surface area contributed by atoms with E-state index in [1.54, 1.807) is 24.3 Å². The predicted molar refractivity (Wildman–Crippen MR) is 106 cm³/mol. The Kier molecular flexibility index (Phi) is 6.36. The lowest BCUT2D eigenvalue weighted by Crippen LogP contribution is -2.15. The Bertz CT molecular complexity index is 996. The van der Waals surface area contributed by atoms with Gasteiger partial charge in [-0.1, -0.05) is 24.3 Å². The highest BCUT2D eigenvalue weighted by atomic mass is 16.6. The molecule has 8 nitrogen and oxygen atoms in total. The van der Waals surface area contributed by atoms with Crippen molar-refractivity contribution in [1.82, 2.24) is 0 Å². The summed E-state index contributed by atoms with van der Waals surface area (Å²) in [6.45, 7) is 0.190. The second-order valence-electron chi connectivity index (χ2n) is 6.19. The first-order chi connectivity index (χ1) is 14.0. The van der Waals surface area contributed by atoms with E-state index in [9.17, 15) is 19.7 Å². The number of anilines is 1. The molecule has 2 aromatic carbocycles. The van der Waals surface area contributed by atoms with Gasteiger partial charge in [0.2, 0.25) is 0 Å². The van der Waals surface area contributed by atoms with E-state index in [0.29, 0.717) is 17.7 Å². The highest BCUT2D eigenvalue weighted by Crippen LogP contribution is 2.28. The highest BCUT2D eigenvalue weighted by Gasteiger charge is 2.14. The average molecular weight is 394 g/mol. The van der Waals surface area contributed by atoms with Gasteiger partial charge in [0.25, 0.3) is 5.69 Å². The molecular weight excluding hydrogens is 376 g/mol. The van der Waals surface area contributed by atoms with Crippen molar-refractivity contribution in [1.29, 1.82) is 0 Å². The van der Waals surface area contributed by atoms with Crippen molar-refractivity contribution in [3.63, 3.8) is 0 Å². The van der Waals surface area contributed by atoms with E-state index < -0.39 is 11.0 Å². The number of nitrogens with zero attached hydrogens (tertiary/aromatic N) is 1. The van der Waals surface area contributed by atoms with Gasteiger partial charge in [-0.15, -0.1) is 0 Å². The van der Waals surface area contributed by atoms with Gasteiger partial charge >= 0.3 is 6.09 Å². The number of nitro groups is 1. The minimum atomic E-state index is -0.636. The molecule has 29 heavy (non-hydrogen) atoms. The molecule has 1 amide bonds. The number of benzene rings is 2. The molecule has 0 unspecified atom stereocenters. The molecule has 0 saturated carbocycles. The second-order valence-corrected chi connectivity index (χ2v) is 6.19. The number of rotatable bonds is 7. The Morgan fingerprint density at radius 2 is 2.00 bits per heavy atom. The number of hydrogen-bond donors (Lipinski definition) is 1. The van der Waals surface area contributed by atoms with Crippen LogP contribution < -0.4 is 10.1 Å². The summed E-state index contributed by atoms with van der Waals surface area (Å²) in [6, 6.07) is 10.4. The highest BCUT2D eigenvalue weighted by molar-refractivity contribution is 5.85. The largest absolute Gasteiger partial charge is 0.457 e. The summed E-state index contributed by atoms with van der Waals surface area (Å²) in [4.78, 5) is 33.3. The summed E-state index contributed by atoms with van der Waals surface area (Å²) in [7, 11) is 0. The van der Waals surface area contributed by atoms with Gasteiger partial charge in [0.05, 0.1) is 10.5 Å². The van der Waals surface area contributed by atoms with Crippen molar-refractivity contribution in [2.24, 2.45) is 0 Å². The summed E-state index contributed by atoms with van der Waals surface area (Å²) in [5.41, 5.74) is 1.02. The number of nitrogens with one attached hydrogen (secondary N) is 1. The zero-order chi connectivity index (χ0) is 20.6. The predicted octanol–water partition coefficient (Wildman–Crippen LogP) is 5.02. The molecule has 0 fully saturated rings. The van der Waals surface area contributed by atoms with Gasteiger partial charge in [-0.3, -0.25) is 20.2 Å². The maximum atomic E-state index is 12.0. The summed E-state index contributed by atoms with van der Waals surface area (Å²) >= 11 is 0. The van der Waals surface area contributed by atoms with Gasteiger partial charge in [-0.25, -0.2) is 4.79 Å². The van der Waals surface area contributed by atoms with E-state index in [4.69, 9.17) is 9.47 Å². The fraction of sp³-hybridized carbons (Fsp3) is 0.143. The molecule has 0 saturated heterocycles. The Morgan fingerprint density at radius 1 is 1.17 bits per heavy atom. The minimum Gasteiger partial charge on any atom is -0.457 e. The zero-order valence-corrected chi connectivity index (χ0v) is 15.4. The molecule has 0 atom stereocenters. The number of ether oxygens (including phenoxy) is 2. The fourth-order valence-corrected chi connectivity index (χ4v) is 2.71. The quantitative estimate of drug-likeness (QED) is 0.401. The van der Waals surface area contributed by atoms with Crippen LogP contribution in [-0.4, -0.2) is 23.9 Å². The number of aldehydes is 1. The molecule has 0 aliphatic heterocycles. The van der Waals surface area contributed by atoms with E-state index in [1.165, 1.54) is 18.2 Å². The van der Waals surface area contributed by atoms with E-state index >= 15 is 0 Å². The molecule has 0 bridgehead atoms. The average Bonchev–Trinajstić information content (AvgIpc) is 2.73. The van der Waals surface area contributed by atoms with E-state index in [1.807, 2.05) is 18.2 Å². The van der Waals surface area contributed by atoms with Crippen LogP contribution in [0.5, 0.6) is 11.5 Å². The fourth-order valence-electron chi connectivity index (χ4n) is 2.71. The second kappa shape index (κ2) is 9.32. The maximum absolute atomic E-state index is 12.0. The molecule has 2 aromatic rings. The van der Waals surface area contributed by atoms with Crippen LogP contribution in [-0.2, 0) is 4.74 Å². The SMILES string of the molecule is O=Cc1cc(Oc2cccc(NC(=O)OCC3=CCCC=C3)c2)ccc1[N+](=O)[O-]. The van der Waals surface area contributed by atoms with Gasteiger partial charge in [0, 0.05) is 17.8 Å². The third kappa shape index (κ3) is 5.52. The van der Waals surface area contributed by atoms with Crippen molar-refractivity contribution in [3.05, 3.63) is 81.9 Å². The van der Waals surface area contributed by atoms with Gasteiger partial charge in [-0.2, -0.15) is 0 Å². The summed E-state index contributed by atoms with van der Waals surface area (Å²) in [5, 5.41) is 13.5. The van der Waals surface area contributed by atoms with Gasteiger partial charge in [-0.05, 0) is 42.7 Å². The topological polar surface area (TPSA) is 108 Å². The molecular formula is C21H18N2O6. The summed E-state index contributed by atoms with van der Waals surface area (Å²) in [6.07, 6.45) is 7.72. The molecule has 0 spiro atoms. The third-order valence-corrected chi connectivity index (χ3v) is 4.08. The molecule has 1 N–H and O–H groups in total. The first kappa shape index (κ1) is 19.8. The molecule has 148 valence electrons. The van der Waals surface area contributed by atoms with Crippen molar-refractivity contribution >= 4 is 23.8 Å². The van der Waals surface area contributed by atoms with Crippen LogP contribution in [0.3, 0.4) is 0 Å². The number of hydrogen-bond acceptors (Lipinski definition) is 6. The number of amides is 1. The van der Waals surface area contributed by atoms with Crippen LogP contribution in [0.4, 0.5) is 16.2 Å². The molecule has 1 aliphatic carbocycles. The van der Waals surface area contributed by atoms with Crippen molar-refractivity contribution in [2.45, 2.75) is 12.8 Å². The molecule has 0 aromatic heterocycles. The van der Waals surface area contributed by atoms with E-state index in [2.05, 4.69) is 5.32 Å². The Balaban J connectivity index is 1.62. The van der Waals surface area contributed by atoms with Gasteiger partial charge < -0.3 is 9.47 Å². The summed E-state index contributed by atoms with van der Waals surface area (Å²) in [5.74, 6) is 0.639. The lowest BCUT2D eigenvalue weighted by Gasteiger charge is -2.11. The standard InChI is InChI=1S/C21H18N2O6/c24-13-16-11-19(9-10-20(16)23(26)27)29-18-8-4-7-17(12-18)22-21(25)28-14-15-5-2-1-3-6-15/h2,4-13H,1,3,14H2,(H,22,25). The van der Waals surface area contributed by atoms with Crippen LogP contribution in [0.15, 0.2) is 66.3 Å². The van der Waals surface area contributed by atoms with Gasteiger partial charge in [0.15, 0.2) is 6.29 Å². The Labute approximate surface area is 166 Å². The van der Waals surface area contributed by atoms with E-state index in [-0.39, 0.29) is 23.6 Å². The minimum absolute atomic E-state index is 0.0866. The molecule has 0 radical (unpaired) electrons. The van der Waals surface area contributed by atoms with Gasteiger partial charge in [0.1, 0.15) is 18.1 Å². The molecule has 1 aliphatic rings. The van der Waals surface area contributed by atoms with Crippen LogP contribution in [0.25, 0.3) is 0 Å². The van der Waals surface area contributed by atoms with Crippen LogP contribution in [0, 0.1) is 10.1 Å². The van der Waals surface area contributed by atoms with Crippen molar-refractivity contribution in [3.8, 4) is 11.5 Å². The Morgan fingerprint density at radius 3 is 2.72 bits per heavy atom. The smallest absolute Gasteiger partial charge is 0.411 e. The van der Waals surface area contributed by atoms with Crippen LogP contribution in [0.2, 0.25) is 0 Å². The van der Waals surface area contributed by atoms with Crippen LogP contribution >= 0.6 is 0 Å². The number of carbonyl (C=O) groups excluding carboxylic acids is 2.